The molecule has 2 heterocycles. The zero-order valence-electron chi connectivity index (χ0n) is 21.9. The Morgan fingerprint density at radius 1 is 0.971 bits per heavy atom. The van der Waals surface area contributed by atoms with Gasteiger partial charge in [-0.15, -0.1) is 0 Å². The summed E-state index contributed by atoms with van der Waals surface area (Å²) in [7, 11) is -2.12. The van der Waals surface area contributed by atoms with Crippen molar-refractivity contribution in [2.24, 2.45) is 0 Å². The van der Waals surface area contributed by atoms with Crippen molar-refractivity contribution in [2.75, 3.05) is 6.61 Å². The topological polar surface area (TPSA) is 59.1 Å². The molecule has 0 N–H and O–H groups in total. The molecule has 2 aliphatic heterocycles. The van der Waals surface area contributed by atoms with Gasteiger partial charge in [-0.25, -0.2) is 4.79 Å². The average molecular weight is 495 g/mol. The maximum atomic E-state index is 13.8. The van der Waals surface area contributed by atoms with E-state index in [1.54, 1.807) is 4.90 Å². The standard InChI is InChI=1S/C28H38N2O4Si/c1-19(21-14-10-8-11-15-21)29-24(20(2)34-35(6,7)28(3,4)5)25(26(29)31)30-23(18-33-27(30)32)22-16-12-9-13-17-22/h8-17,19-20,23-25H,18H2,1-7H3/t19-,20-,23-,24-,25+/m1/s1. The smallest absolute Gasteiger partial charge is 0.411 e. The van der Waals surface area contributed by atoms with Crippen LogP contribution in [0, 0.1) is 0 Å². The number of hydrogen-bond donors (Lipinski definition) is 0. The number of amides is 2. The van der Waals surface area contributed by atoms with Gasteiger partial charge in [0.25, 0.3) is 0 Å². The Hall–Kier alpha value is -2.64. The molecule has 2 amide bonds. The minimum absolute atomic E-state index is 0.0273. The van der Waals surface area contributed by atoms with Crippen LogP contribution in [0.25, 0.3) is 0 Å². The highest BCUT2D eigenvalue weighted by Gasteiger charge is 2.60. The van der Waals surface area contributed by atoms with Gasteiger partial charge in [0.1, 0.15) is 12.6 Å². The van der Waals surface area contributed by atoms with Crippen LogP contribution < -0.4 is 0 Å². The zero-order valence-corrected chi connectivity index (χ0v) is 22.9. The molecular formula is C28H38N2O4Si. The molecule has 0 aromatic heterocycles. The molecule has 2 aliphatic rings. The molecule has 5 atom stereocenters. The van der Waals surface area contributed by atoms with Crippen LogP contribution in [0.4, 0.5) is 4.79 Å². The van der Waals surface area contributed by atoms with Gasteiger partial charge in [-0.2, -0.15) is 0 Å². The molecule has 0 aliphatic carbocycles. The number of nitrogens with zero attached hydrogens (tertiary/aromatic N) is 2. The van der Waals surface area contributed by atoms with E-state index in [0.717, 1.165) is 11.1 Å². The van der Waals surface area contributed by atoms with E-state index in [2.05, 4.69) is 33.9 Å². The second kappa shape index (κ2) is 9.43. The lowest BCUT2D eigenvalue weighted by Gasteiger charge is -2.56. The van der Waals surface area contributed by atoms with Crippen molar-refractivity contribution in [3.05, 3.63) is 71.8 Å². The summed E-state index contributed by atoms with van der Waals surface area (Å²) in [6, 6.07) is 18.5. The number of hydrogen-bond acceptors (Lipinski definition) is 4. The van der Waals surface area contributed by atoms with Crippen molar-refractivity contribution < 1.29 is 18.8 Å². The van der Waals surface area contributed by atoms with Crippen LogP contribution in [0.5, 0.6) is 0 Å². The summed E-state index contributed by atoms with van der Waals surface area (Å²) in [4.78, 5) is 30.4. The van der Waals surface area contributed by atoms with Gasteiger partial charge in [0.2, 0.25) is 5.91 Å². The summed E-state index contributed by atoms with van der Waals surface area (Å²) >= 11 is 0. The predicted octanol–water partition coefficient (Wildman–Crippen LogP) is 5.93. The van der Waals surface area contributed by atoms with Crippen LogP contribution in [0.15, 0.2) is 60.7 Å². The lowest BCUT2D eigenvalue weighted by atomic mass is 9.85. The number of benzene rings is 2. The summed E-state index contributed by atoms with van der Waals surface area (Å²) in [6.07, 6.45) is -0.677. The molecule has 4 rings (SSSR count). The van der Waals surface area contributed by atoms with E-state index in [1.807, 2.05) is 79.4 Å². The number of likely N-dealkylation sites (tertiary alicyclic amines) is 1. The molecule has 7 heteroatoms. The van der Waals surface area contributed by atoms with Crippen LogP contribution >= 0.6 is 0 Å². The Balaban J connectivity index is 1.70. The minimum atomic E-state index is -2.12. The fraction of sp³-hybridized carbons (Fsp3) is 0.500. The first-order valence-electron chi connectivity index (χ1n) is 12.5. The summed E-state index contributed by atoms with van der Waals surface area (Å²) in [5.41, 5.74) is 2.03. The van der Waals surface area contributed by atoms with E-state index >= 15 is 0 Å². The lowest BCUT2D eigenvalue weighted by Crippen LogP contribution is -2.75. The monoisotopic (exact) mass is 494 g/mol. The maximum Gasteiger partial charge on any atom is 0.411 e. The highest BCUT2D eigenvalue weighted by Crippen LogP contribution is 2.44. The Morgan fingerprint density at radius 2 is 1.54 bits per heavy atom. The first-order chi connectivity index (χ1) is 16.4. The van der Waals surface area contributed by atoms with Crippen molar-refractivity contribution in [2.45, 2.75) is 83.0 Å². The predicted molar refractivity (Wildman–Crippen MR) is 139 cm³/mol. The largest absolute Gasteiger partial charge is 0.447 e. The molecule has 0 bridgehead atoms. The van der Waals surface area contributed by atoms with Crippen LogP contribution in [0.1, 0.15) is 57.8 Å². The highest BCUT2D eigenvalue weighted by molar-refractivity contribution is 6.74. The highest BCUT2D eigenvalue weighted by atomic mass is 28.4. The van der Waals surface area contributed by atoms with E-state index in [1.165, 1.54) is 0 Å². The molecule has 35 heavy (non-hydrogen) atoms. The molecule has 6 nitrogen and oxygen atoms in total. The molecule has 0 radical (unpaired) electrons. The van der Waals surface area contributed by atoms with Crippen LogP contribution in [0.3, 0.4) is 0 Å². The molecule has 0 spiro atoms. The second-order valence-electron chi connectivity index (χ2n) is 11.3. The quantitative estimate of drug-likeness (QED) is 0.354. The third kappa shape index (κ3) is 4.64. The van der Waals surface area contributed by atoms with E-state index in [4.69, 9.17) is 9.16 Å². The molecule has 2 aromatic carbocycles. The normalized spacial score (nSPS) is 24.7. The first kappa shape index (κ1) is 25.4. The molecule has 2 aromatic rings. The number of carbonyl (C=O) groups is 2. The summed E-state index contributed by atoms with van der Waals surface area (Å²) < 4.78 is 12.3. The van der Waals surface area contributed by atoms with Gasteiger partial charge in [-0.05, 0) is 43.1 Å². The lowest BCUT2D eigenvalue weighted by molar-refractivity contribution is -0.170. The molecule has 188 valence electrons. The van der Waals surface area contributed by atoms with E-state index < -0.39 is 20.5 Å². The van der Waals surface area contributed by atoms with Gasteiger partial charge in [0, 0.05) is 0 Å². The number of carbonyl (C=O) groups excluding carboxylic acids is 2. The van der Waals surface area contributed by atoms with Crippen molar-refractivity contribution in [3.8, 4) is 0 Å². The second-order valence-corrected chi connectivity index (χ2v) is 16.0. The van der Waals surface area contributed by atoms with Gasteiger partial charge in [-0.1, -0.05) is 81.4 Å². The molecule has 0 saturated carbocycles. The zero-order chi connectivity index (χ0) is 25.5. The van der Waals surface area contributed by atoms with E-state index in [0.29, 0.717) is 0 Å². The number of ether oxygens (including phenoxy) is 1. The van der Waals surface area contributed by atoms with Gasteiger partial charge in [0.15, 0.2) is 8.32 Å². The number of β-lactam (4-membered cyclic amide) rings is 1. The fourth-order valence-corrected chi connectivity index (χ4v) is 6.43. The molecular weight excluding hydrogens is 456 g/mol. The Morgan fingerprint density at radius 3 is 2.11 bits per heavy atom. The first-order valence-corrected chi connectivity index (χ1v) is 15.4. The third-order valence-electron chi connectivity index (χ3n) is 8.01. The minimum Gasteiger partial charge on any atom is -0.447 e. The van der Waals surface area contributed by atoms with Gasteiger partial charge < -0.3 is 14.1 Å². The fourth-order valence-electron chi connectivity index (χ4n) is 5.01. The number of cyclic esters (lactones) is 1. The summed E-state index contributed by atoms with van der Waals surface area (Å²) in [5, 5.41) is 0.0273. The van der Waals surface area contributed by atoms with Crippen LogP contribution in [-0.4, -0.2) is 54.9 Å². The SMILES string of the molecule is C[C@H](c1ccccc1)N1C(=O)[C@@H](N2C(=O)OC[C@@H]2c2ccccc2)[C@H]1[C@@H](C)O[Si](C)(C)C(C)(C)C. The van der Waals surface area contributed by atoms with Crippen LogP contribution in [-0.2, 0) is 14.0 Å². The van der Waals surface area contributed by atoms with E-state index in [9.17, 15) is 9.59 Å². The number of rotatable bonds is 7. The molecule has 2 fully saturated rings. The van der Waals surface area contributed by atoms with Gasteiger partial charge in [0.05, 0.1) is 24.2 Å². The Kier molecular flexibility index (Phi) is 6.86. The van der Waals surface area contributed by atoms with Crippen molar-refractivity contribution in [1.82, 2.24) is 9.80 Å². The molecule has 0 unspecified atom stereocenters. The van der Waals surface area contributed by atoms with Crippen molar-refractivity contribution in [1.29, 1.82) is 0 Å². The molecule has 2 saturated heterocycles. The van der Waals surface area contributed by atoms with Gasteiger partial charge >= 0.3 is 6.09 Å². The van der Waals surface area contributed by atoms with Crippen molar-refractivity contribution >= 4 is 20.3 Å². The summed E-state index contributed by atoms with van der Waals surface area (Å²) in [5.74, 6) is -0.0585. The Labute approximate surface area is 210 Å². The van der Waals surface area contributed by atoms with Gasteiger partial charge in [-0.3, -0.25) is 9.69 Å². The van der Waals surface area contributed by atoms with E-state index in [-0.39, 0.29) is 41.8 Å². The summed E-state index contributed by atoms with van der Waals surface area (Å²) in [6.45, 7) is 15.4. The van der Waals surface area contributed by atoms with Crippen LogP contribution in [0.2, 0.25) is 18.1 Å². The third-order valence-corrected chi connectivity index (χ3v) is 12.6. The average Bonchev–Trinajstić information content (AvgIpc) is 3.18. The maximum absolute atomic E-state index is 13.8. The van der Waals surface area contributed by atoms with Crippen molar-refractivity contribution in [3.63, 3.8) is 0 Å². The Bertz CT molecular complexity index is 1050.